The van der Waals surface area contributed by atoms with Crippen molar-refractivity contribution < 1.29 is 19.1 Å². The third-order valence-corrected chi connectivity index (χ3v) is 17.0. The maximum Gasteiger partial charge on any atom is 0.309 e. The first-order valence-electron chi connectivity index (χ1n) is 25.1. The topological polar surface area (TPSA) is 52.6 Å². The Morgan fingerprint density at radius 3 is 2.16 bits per heavy atom. The number of carbonyl (C=O) groups is 2. The van der Waals surface area contributed by atoms with E-state index in [1.165, 1.54) is 122 Å². The van der Waals surface area contributed by atoms with Gasteiger partial charge in [-0.15, -0.1) is 0 Å². The van der Waals surface area contributed by atoms with E-state index < -0.39 is 0 Å². The number of esters is 2. The lowest BCUT2D eigenvalue weighted by Gasteiger charge is -2.58. The van der Waals surface area contributed by atoms with Crippen molar-refractivity contribution in [1.29, 1.82) is 0 Å². The number of rotatable bonds is 20. The van der Waals surface area contributed by atoms with E-state index in [2.05, 4.69) is 101 Å². The van der Waals surface area contributed by atoms with Crippen LogP contribution < -0.4 is 0 Å². The molecule has 4 heteroatoms. The highest BCUT2D eigenvalue weighted by atomic mass is 16.5. The van der Waals surface area contributed by atoms with Crippen molar-refractivity contribution in [2.24, 2.45) is 40.4 Å². The summed E-state index contributed by atoms with van der Waals surface area (Å²) in [6.45, 7) is 9.80. The Balaban J connectivity index is 0.778. The average molecular weight is 825 g/mol. The molecule has 4 aromatic rings. The van der Waals surface area contributed by atoms with Gasteiger partial charge in [-0.1, -0.05) is 157 Å². The van der Waals surface area contributed by atoms with Crippen LogP contribution in [0.25, 0.3) is 32.3 Å². The summed E-state index contributed by atoms with van der Waals surface area (Å²) < 4.78 is 12.4. The Bertz CT molecular complexity index is 2150. The van der Waals surface area contributed by atoms with Crippen LogP contribution in [-0.2, 0) is 25.7 Å². The van der Waals surface area contributed by atoms with E-state index in [1.54, 1.807) is 5.57 Å². The summed E-state index contributed by atoms with van der Waals surface area (Å²) >= 11 is 0. The van der Waals surface area contributed by atoms with Gasteiger partial charge in [0.15, 0.2) is 0 Å². The number of ether oxygens (including phenoxy) is 2. The van der Waals surface area contributed by atoms with E-state index in [4.69, 9.17) is 9.47 Å². The summed E-state index contributed by atoms with van der Waals surface area (Å²) in [5, 5.41) is 7.50. The normalized spacial score (nSPS) is 27.9. The van der Waals surface area contributed by atoms with E-state index >= 15 is 0 Å². The number of hydrogen-bond donors (Lipinski definition) is 0. The van der Waals surface area contributed by atoms with Gasteiger partial charge in [0.05, 0.1) is 5.92 Å². The summed E-state index contributed by atoms with van der Waals surface area (Å²) in [4.78, 5) is 26.9. The number of carbonyl (C=O) groups excluding carboxylic acids is 2. The van der Waals surface area contributed by atoms with E-state index in [9.17, 15) is 9.59 Å². The molecule has 0 radical (unpaired) electrons. The van der Waals surface area contributed by atoms with Crippen molar-refractivity contribution in [3.8, 4) is 0 Å². The van der Waals surface area contributed by atoms with Gasteiger partial charge >= 0.3 is 11.9 Å². The molecular formula is C57H76O4. The zero-order valence-corrected chi connectivity index (χ0v) is 38.3. The number of fused-ring (bicyclic) bond motifs is 5. The van der Waals surface area contributed by atoms with Gasteiger partial charge in [0, 0.05) is 12.8 Å². The minimum absolute atomic E-state index is 0.00881. The second kappa shape index (κ2) is 19.8. The van der Waals surface area contributed by atoms with Gasteiger partial charge in [-0.05, 0) is 149 Å². The molecular weight excluding hydrogens is 749 g/mol. The molecule has 4 aliphatic rings. The van der Waals surface area contributed by atoms with Gasteiger partial charge in [0.25, 0.3) is 0 Å². The van der Waals surface area contributed by atoms with Gasteiger partial charge in [0.2, 0.25) is 0 Å². The fraction of sp³-hybridized carbons (Fsp3) is 0.614. The molecule has 0 heterocycles. The predicted octanol–water partition coefficient (Wildman–Crippen LogP) is 15.8. The lowest BCUT2D eigenvalue weighted by atomic mass is 9.47. The summed E-state index contributed by atoms with van der Waals surface area (Å²) in [7, 11) is 0. The number of benzene rings is 4. The summed E-state index contributed by atoms with van der Waals surface area (Å²) in [5.74, 6) is 2.18. The van der Waals surface area contributed by atoms with Gasteiger partial charge in [-0.3, -0.25) is 9.59 Å². The van der Waals surface area contributed by atoms with E-state index in [0.29, 0.717) is 36.7 Å². The highest BCUT2D eigenvalue weighted by molar-refractivity contribution is 6.23. The molecule has 328 valence electrons. The van der Waals surface area contributed by atoms with Gasteiger partial charge in [0.1, 0.15) is 12.7 Å². The third kappa shape index (κ3) is 9.36. The molecule has 3 saturated carbocycles. The van der Waals surface area contributed by atoms with E-state index in [1.807, 2.05) is 0 Å². The van der Waals surface area contributed by atoms with Gasteiger partial charge in [-0.25, -0.2) is 0 Å². The van der Waals surface area contributed by atoms with Crippen LogP contribution in [0.5, 0.6) is 0 Å². The molecule has 0 saturated heterocycles. The van der Waals surface area contributed by atoms with Crippen LogP contribution in [0, 0.1) is 40.4 Å². The summed E-state index contributed by atoms with van der Waals surface area (Å²) in [6, 6.07) is 19.7. The summed E-state index contributed by atoms with van der Waals surface area (Å²) in [6.07, 6.45) is 33.3. The molecule has 0 aliphatic heterocycles. The predicted molar refractivity (Wildman–Crippen MR) is 254 cm³/mol. The number of hydrogen-bond acceptors (Lipinski definition) is 4. The molecule has 0 bridgehead atoms. The van der Waals surface area contributed by atoms with Crippen molar-refractivity contribution >= 4 is 44.3 Å². The van der Waals surface area contributed by atoms with Crippen LogP contribution in [0.15, 0.2) is 78.4 Å². The fourth-order valence-electron chi connectivity index (χ4n) is 13.5. The van der Waals surface area contributed by atoms with Crippen LogP contribution in [0.1, 0.15) is 175 Å². The average Bonchev–Trinajstić information content (AvgIpc) is 3.63. The Morgan fingerprint density at radius 1 is 0.738 bits per heavy atom. The maximum absolute atomic E-state index is 13.9. The van der Waals surface area contributed by atoms with Crippen LogP contribution in [0.3, 0.4) is 0 Å². The second-order valence-electron chi connectivity index (χ2n) is 20.7. The highest BCUT2D eigenvalue weighted by Gasteiger charge is 2.60. The SMILES string of the molecule is CCCCCCCC/C=C/CCCCCCCC(=O)O[C@H]1CC[C@@]2(C)C(=CC[C@H]3[C@@H]4CC[C@H]([C@H](C)C(=O)OCc5ccc6ccc7cccc8ccc5c6c78)[C@@]4(C)CC[C@@H]32)C1. The first kappa shape index (κ1) is 44.0. The minimum Gasteiger partial charge on any atom is -0.462 e. The van der Waals surface area contributed by atoms with Crippen molar-refractivity contribution in [2.45, 2.75) is 182 Å². The Labute approximate surface area is 368 Å². The molecule has 0 aromatic heterocycles. The van der Waals surface area contributed by atoms with Gasteiger partial charge < -0.3 is 9.47 Å². The van der Waals surface area contributed by atoms with E-state index in [0.717, 1.165) is 50.5 Å². The Kier molecular flexibility index (Phi) is 14.3. The summed E-state index contributed by atoms with van der Waals surface area (Å²) in [5.41, 5.74) is 2.99. The molecule has 8 rings (SSSR count). The molecule has 4 aromatic carbocycles. The monoisotopic (exact) mass is 825 g/mol. The molecule has 0 spiro atoms. The lowest BCUT2D eigenvalue weighted by Crippen LogP contribution is -2.51. The fourth-order valence-corrected chi connectivity index (χ4v) is 13.5. The van der Waals surface area contributed by atoms with Gasteiger partial charge in [-0.2, -0.15) is 0 Å². The largest absolute Gasteiger partial charge is 0.462 e. The first-order valence-corrected chi connectivity index (χ1v) is 25.1. The molecule has 0 N–H and O–H groups in total. The third-order valence-electron chi connectivity index (χ3n) is 17.0. The van der Waals surface area contributed by atoms with Crippen LogP contribution in [0.2, 0.25) is 0 Å². The number of allylic oxidation sites excluding steroid dienone is 3. The molecule has 61 heavy (non-hydrogen) atoms. The molecule has 4 aliphatic carbocycles. The standard InChI is InChI=1S/C57H76O4/c1-5-6-7-8-9-10-11-12-13-14-15-16-17-18-19-23-52(58)61-46-34-36-56(3)45(38-46)29-31-48-50-33-32-49(57(50,4)37-35-51(48)56)40(2)55(59)60-39-44-27-26-43-25-24-41-21-20-22-42-28-30-47(44)54(43)53(41)42/h12-13,20-22,24-30,40,46,48-51H,5-11,14-19,23,31-39H2,1-4H3/b13-12+/t40-,46-,48-,49+,50-,51-,56-,57+/m0/s1. The maximum atomic E-state index is 13.9. The molecule has 0 unspecified atom stereocenters. The van der Waals surface area contributed by atoms with Crippen LogP contribution in [-0.4, -0.2) is 18.0 Å². The highest BCUT2D eigenvalue weighted by Crippen LogP contribution is 2.67. The minimum atomic E-state index is -0.117. The van der Waals surface area contributed by atoms with Crippen LogP contribution in [0.4, 0.5) is 0 Å². The van der Waals surface area contributed by atoms with Crippen LogP contribution >= 0.6 is 0 Å². The zero-order chi connectivity index (χ0) is 42.4. The zero-order valence-electron chi connectivity index (χ0n) is 38.3. The van der Waals surface area contributed by atoms with E-state index in [-0.39, 0.29) is 34.8 Å². The Morgan fingerprint density at radius 2 is 1.41 bits per heavy atom. The van der Waals surface area contributed by atoms with Crippen molar-refractivity contribution in [1.82, 2.24) is 0 Å². The quantitative estimate of drug-likeness (QED) is 0.0385. The molecule has 8 atom stereocenters. The van der Waals surface area contributed by atoms with Crippen molar-refractivity contribution in [3.63, 3.8) is 0 Å². The second-order valence-corrected chi connectivity index (χ2v) is 20.7. The molecule has 0 amide bonds. The first-order chi connectivity index (χ1) is 29.7. The number of unbranched alkanes of at least 4 members (excludes halogenated alkanes) is 11. The molecule has 4 nitrogen and oxygen atoms in total. The lowest BCUT2D eigenvalue weighted by molar-refractivity contribution is -0.154. The molecule has 3 fully saturated rings. The smallest absolute Gasteiger partial charge is 0.309 e. The van der Waals surface area contributed by atoms with Crippen molar-refractivity contribution in [2.75, 3.05) is 0 Å². The Hall–Kier alpha value is -3.66. The van der Waals surface area contributed by atoms with Crippen molar-refractivity contribution in [3.05, 3.63) is 84.0 Å².